The van der Waals surface area contributed by atoms with E-state index in [-0.39, 0.29) is 12.1 Å². The highest BCUT2D eigenvalue weighted by atomic mass is 16.5. The lowest BCUT2D eigenvalue weighted by Gasteiger charge is -2.24. The molecule has 6 nitrogen and oxygen atoms in total. The molecule has 0 saturated carbocycles. The Morgan fingerprint density at radius 2 is 2.19 bits per heavy atom. The number of hydrogen-bond donors (Lipinski definition) is 1. The van der Waals surface area contributed by atoms with Crippen molar-refractivity contribution in [3.63, 3.8) is 0 Å². The molecule has 92 valence electrons. The van der Waals surface area contributed by atoms with Gasteiger partial charge in [0.15, 0.2) is 5.82 Å². The summed E-state index contributed by atoms with van der Waals surface area (Å²) in [5, 5.41) is 15.2. The second-order valence-corrected chi connectivity index (χ2v) is 3.70. The van der Waals surface area contributed by atoms with Gasteiger partial charge in [-0.25, -0.2) is 0 Å². The van der Waals surface area contributed by atoms with Crippen LogP contribution in [0.15, 0.2) is 0 Å². The number of hydrogen-bond acceptors (Lipinski definition) is 5. The molecule has 1 rings (SSSR count). The van der Waals surface area contributed by atoms with E-state index in [0.29, 0.717) is 0 Å². The van der Waals surface area contributed by atoms with Crippen LogP contribution in [0.2, 0.25) is 0 Å². The summed E-state index contributed by atoms with van der Waals surface area (Å²) in [5.74, 6) is 0.750. The van der Waals surface area contributed by atoms with Crippen molar-refractivity contribution in [1.29, 1.82) is 0 Å². The minimum atomic E-state index is 0.193. The van der Waals surface area contributed by atoms with Crippen molar-refractivity contribution in [2.75, 3.05) is 13.7 Å². The monoisotopic (exact) mass is 227 g/mol. The van der Waals surface area contributed by atoms with Crippen LogP contribution in [0.25, 0.3) is 0 Å². The molecule has 0 amide bonds. The second-order valence-electron chi connectivity index (χ2n) is 3.70. The van der Waals surface area contributed by atoms with E-state index in [1.165, 1.54) is 4.80 Å². The van der Waals surface area contributed by atoms with Gasteiger partial charge in [-0.05, 0) is 25.6 Å². The molecule has 1 aromatic heterocycles. The number of tetrazole rings is 1. The van der Waals surface area contributed by atoms with Crippen LogP contribution in [0, 0.1) is 0 Å². The molecular weight excluding hydrogens is 206 g/mol. The number of ether oxygens (including phenoxy) is 1. The van der Waals surface area contributed by atoms with Gasteiger partial charge in [0.05, 0.1) is 13.2 Å². The normalized spacial score (nSPS) is 15.0. The Labute approximate surface area is 96.4 Å². The summed E-state index contributed by atoms with van der Waals surface area (Å²) in [6.07, 6.45) is 1.90. The Hall–Kier alpha value is -1.01. The number of rotatable bonds is 7. The van der Waals surface area contributed by atoms with Crippen LogP contribution >= 0.6 is 0 Å². The van der Waals surface area contributed by atoms with Crippen LogP contribution < -0.4 is 5.32 Å². The van der Waals surface area contributed by atoms with Gasteiger partial charge in [0.1, 0.15) is 0 Å². The summed E-state index contributed by atoms with van der Waals surface area (Å²) in [4.78, 5) is 1.48. The zero-order chi connectivity index (χ0) is 12.0. The molecule has 6 heteroatoms. The first-order chi connectivity index (χ1) is 7.71. The number of nitrogens with zero attached hydrogens (tertiary/aromatic N) is 4. The van der Waals surface area contributed by atoms with Crippen molar-refractivity contribution in [1.82, 2.24) is 25.5 Å². The van der Waals surface area contributed by atoms with E-state index < -0.39 is 0 Å². The van der Waals surface area contributed by atoms with Gasteiger partial charge in [-0.3, -0.25) is 0 Å². The van der Waals surface area contributed by atoms with Gasteiger partial charge in [-0.1, -0.05) is 6.92 Å². The van der Waals surface area contributed by atoms with Crippen molar-refractivity contribution in [2.45, 2.75) is 38.8 Å². The number of aromatic nitrogens is 4. The third-order valence-corrected chi connectivity index (χ3v) is 2.55. The lowest BCUT2D eigenvalue weighted by molar-refractivity contribution is 0.0334. The first kappa shape index (κ1) is 13.1. The van der Waals surface area contributed by atoms with Gasteiger partial charge in [0.2, 0.25) is 0 Å². The predicted molar refractivity (Wildman–Crippen MR) is 61.1 cm³/mol. The third-order valence-electron chi connectivity index (χ3n) is 2.55. The fourth-order valence-electron chi connectivity index (χ4n) is 1.75. The Morgan fingerprint density at radius 3 is 2.62 bits per heavy atom. The van der Waals surface area contributed by atoms with Crippen molar-refractivity contribution in [3.8, 4) is 0 Å². The summed E-state index contributed by atoms with van der Waals surface area (Å²) in [6.45, 7) is 4.86. The van der Waals surface area contributed by atoms with Crippen LogP contribution in [0.1, 0.15) is 26.1 Å². The van der Waals surface area contributed by atoms with Gasteiger partial charge in [0.25, 0.3) is 0 Å². The molecule has 1 heterocycles. The number of aryl methyl sites for hydroxylation is 1. The maximum atomic E-state index is 5.68. The van der Waals surface area contributed by atoms with Gasteiger partial charge in [0, 0.05) is 19.1 Å². The fraction of sp³-hybridized carbons (Fsp3) is 0.900. The van der Waals surface area contributed by atoms with E-state index in [2.05, 4.69) is 27.7 Å². The van der Waals surface area contributed by atoms with E-state index in [0.717, 1.165) is 25.3 Å². The van der Waals surface area contributed by atoms with Crippen molar-refractivity contribution < 1.29 is 4.74 Å². The summed E-state index contributed by atoms with van der Waals surface area (Å²) < 4.78 is 5.68. The standard InChI is InChI=1S/C10H21N5O/c1-5-9(16-6-2)8(11-3)7-10-12-14-15(4)13-10/h8-9,11H,5-7H2,1-4H3. The van der Waals surface area contributed by atoms with E-state index in [1.54, 1.807) is 7.05 Å². The molecule has 0 radical (unpaired) electrons. The van der Waals surface area contributed by atoms with Crippen LogP contribution in [0.5, 0.6) is 0 Å². The Balaban J connectivity index is 2.59. The maximum Gasteiger partial charge on any atom is 0.176 e. The van der Waals surface area contributed by atoms with Crippen LogP contribution in [0.3, 0.4) is 0 Å². The number of nitrogens with one attached hydrogen (secondary N) is 1. The highest BCUT2D eigenvalue weighted by molar-refractivity contribution is 4.88. The largest absolute Gasteiger partial charge is 0.377 e. The van der Waals surface area contributed by atoms with Crippen molar-refractivity contribution >= 4 is 0 Å². The molecule has 0 aliphatic heterocycles. The lowest BCUT2D eigenvalue weighted by Crippen LogP contribution is -2.41. The van der Waals surface area contributed by atoms with Gasteiger partial charge in [-0.2, -0.15) is 4.80 Å². The van der Waals surface area contributed by atoms with Crippen molar-refractivity contribution in [2.24, 2.45) is 7.05 Å². The molecule has 0 bridgehead atoms. The topological polar surface area (TPSA) is 64.9 Å². The molecule has 0 saturated heterocycles. The predicted octanol–water partition coefficient (Wildman–Crippen LogP) is 0.156. The van der Waals surface area contributed by atoms with E-state index >= 15 is 0 Å². The number of likely N-dealkylation sites (N-methyl/N-ethyl adjacent to an activating group) is 1. The van der Waals surface area contributed by atoms with Gasteiger partial charge in [-0.15, -0.1) is 10.2 Å². The summed E-state index contributed by atoms with van der Waals surface area (Å²) in [7, 11) is 3.70. The molecule has 0 aliphatic rings. The highest BCUT2D eigenvalue weighted by Crippen LogP contribution is 2.08. The molecule has 1 N–H and O–H groups in total. The van der Waals surface area contributed by atoms with Gasteiger partial charge < -0.3 is 10.1 Å². The molecule has 2 atom stereocenters. The first-order valence-electron chi connectivity index (χ1n) is 5.73. The average molecular weight is 227 g/mol. The van der Waals surface area contributed by atoms with E-state index in [9.17, 15) is 0 Å². The minimum absolute atomic E-state index is 0.193. The third kappa shape index (κ3) is 3.53. The Morgan fingerprint density at radius 1 is 1.44 bits per heavy atom. The summed E-state index contributed by atoms with van der Waals surface area (Å²) in [5.41, 5.74) is 0. The van der Waals surface area contributed by atoms with Crippen LogP contribution in [-0.2, 0) is 18.2 Å². The van der Waals surface area contributed by atoms with E-state index in [1.807, 2.05) is 14.0 Å². The molecule has 0 spiro atoms. The van der Waals surface area contributed by atoms with Crippen LogP contribution in [-0.4, -0.2) is 46.0 Å². The average Bonchev–Trinajstić information content (AvgIpc) is 2.69. The second kappa shape index (κ2) is 6.55. The highest BCUT2D eigenvalue weighted by Gasteiger charge is 2.20. The van der Waals surface area contributed by atoms with Gasteiger partial charge >= 0.3 is 0 Å². The zero-order valence-electron chi connectivity index (χ0n) is 10.5. The molecular formula is C10H21N5O. The van der Waals surface area contributed by atoms with Crippen molar-refractivity contribution in [3.05, 3.63) is 5.82 Å². The maximum absolute atomic E-state index is 5.68. The summed E-state index contributed by atoms with van der Waals surface area (Å²) in [6, 6.07) is 0.231. The molecule has 2 unspecified atom stereocenters. The minimum Gasteiger partial charge on any atom is -0.377 e. The smallest absolute Gasteiger partial charge is 0.176 e. The van der Waals surface area contributed by atoms with Crippen LogP contribution in [0.4, 0.5) is 0 Å². The summed E-state index contributed by atoms with van der Waals surface area (Å²) >= 11 is 0. The fourth-order valence-corrected chi connectivity index (χ4v) is 1.75. The molecule has 0 aromatic carbocycles. The SMILES string of the molecule is CCOC(CC)C(Cc1nnn(C)n1)NC. The molecule has 1 aromatic rings. The molecule has 16 heavy (non-hydrogen) atoms. The quantitative estimate of drug-likeness (QED) is 0.718. The molecule has 0 fully saturated rings. The zero-order valence-corrected chi connectivity index (χ0v) is 10.5. The lowest BCUT2D eigenvalue weighted by atomic mass is 10.1. The first-order valence-corrected chi connectivity index (χ1v) is 5.73. The Kier molecular flexibility index (Phi) is 5.34. The Bertz CT molecular complexity index is 301. The van der Waals surface area contributed by atoms with E-state index in [4.69, 9.17) is 4.74 Å². The molecule has 0 aliphatic carbocycles.